The number of allylic oxidation sites excluding steroid dienone is 16. The molecule has 2 unspecified atom stereocenters. The molecule has 2 atom stereocenters. The smallest absolute Gasteiger partial charge is 0.361 e. The van der Waals surface area contributed by atoms with Crippen molar-refractivity contribution in [3.63, 3.8) is 0 Å². The number of likely N-dealkylation sites (N-methyl/N-ethyl adjacent to an activating group) is 1. The Labute approximate surface area is 435 Å². The summed E-state index contributed by atoms with van der Waals surface area (Å²) in [5, 5.41) is 9.70. The van der Waals surface area contributed by atoms with Crippen molar-refractivity contribution in [2.45, 2.75) is 232 Å². The summed E-state index contributed by atoms with van der Waals surface area (Å²) >= 11 is 0. The van der Waals surface area contributed by atoms with Gasteiger partial charge < -0.3 is 28.5 Å². The maximum atomic E-state index is 12.9. The van der Waals surface area contributed by atoms with Gasteiger partial charge in [-0.05, 0) is 96.3 Å². The molecule has 9 heteroatoms. The number of carbonyl (C=O) groups is 3. The van der Waals surface area contributed by atoms with Crippen LogP contribution in [0.15, 0.2) is 97.2 Å². The van der Waals surface area contributed by atoms with Crippen molar-refractivity contribution in [1.82, 2.24) is 0 Å². The molecule has 0 amide bonds. The zero-order chi connectivity index (χ0) is 52.0. The third-order valence-electron chi connectivity index (χ3n) is 11.8. The Bertz CT molecular complexity index is 1480. The van der Waals surface area contributed by atoms with Gasteiger partial charge in [0.15, 0.2) is 6.10 Å². The molecule has 0 rings (SSSR count). The van der Waals surface area contributed by atoms with Crippen molar-refractivity contribution in [2.24, 2.45) is 0 Å². The molecular weight excluding hydrogens is 887 g/mol. The lowest BCUT2D eigenvalue weighted by Gasteiger charge is -2.25. The van der Waals surface area contributed by atoms with Crippen molar-refractivity contribution < 1.29 is 42.9 Å². The normalized spacial score (nSPS) is 13.5. The molecule has 0 fully saturated rings. The lowest BCUT2D eigenvalue weighted by Crippen LogP contribution is -2.40. The summed E-state index contributed by atoms with van der Waals surface area (Å²) in [7, 11) is 5.95. The first-order valence-electron chi connectivity index (χ1n) is 28.4. The van der Waals surface area contributed by atoms with Gasteiger partial charge in [0, 0.05) is 12.8 Å². The number of aliphatic carboxylic acids is 1. The highest BCUT2D eigenvalue weighted by Crippen LogP contribution is 2.14. The maximum Gasteiger partial charge on any atom is 0.361 e. The van der Waals surface area contributed by atoms with Gasteiger partial charge in [0.2, 0.25) is 0 Å². The molecule has 0 saturated heterocycles. The first-order chi connectivity index (χ1) is 34.6. The molecule has 0 aromatic rings. The fourth-order valence-corrected chi connectivity index (χ4v) is 7.46. The SMILES string of the molecule is CC/C=C\C/C=C\C/C=C\C/C=C\C/C=C\C/C=C\C/C=C\CCCCCCCC(=O)OC(COC(=O)CCCCCCCCCCC/C=C\CCCCCCCC)COC(OCC[N+](C)(C)C)C(=O)O. The predicted molar refractivity (Wildman–Crippen MR) is 299 cm³/mol. The zero-order valence-corrected chi connectivity index (χ0v) is 46.1. The number of hydrogen-bond acceptors (Lipinski definition) is 7. The number of ether oxygens (including phenoxy) is 4. The Balaban J connectivity index is 4.35. The molecule has 406 valence electrons. The van der Waals surface area contributed by atoms with Gasteiger partial charge in [-0.15, -0.1) is 0 Å². The molecule has 0 aromatic carbocycles. The lowest BCUT2D eigenvalue weighted by molar-refractivity contribution is -0.870. The van der Waals surface area contributed by atoms with Crippen LogP contribution in [0.2, 0.25) is 0 Å². The van der Waals surface area contributed by atoms with Crippen molar-refractivity contribution in [3.8, 4) is 0 Å². The highest BCUT2D eigenvalue weighted by Gasteiger charge is 2.25. The average molecular weight is 994 g/mol. The van der Waals surface area contributed by atoms with Crippen LogP contribution >= 0.6 is 0 Å². The Morgan fingerprint density at radius 3 is 1.21 bits per heavy atom. The van der Waals surface area contributed by atoms with E-state index in [0.29, 0.717) is 23.9 Å². The van der Waals surface area contributed by atoms with E-state index in [1.165, 1.54) is 89.9 Å². The van der Waals surface area contributed by atoms with Gasteiger partial charge in [-0.1, -0.05) is 207 Å². The van der Waals surface area contributed by atoms with E-state index in [0.717, 1.165) is 96.3 Å². The number of unbranched alkanes of at least 4 members (excludes halogenated alkanes) is 20. The van der Waals surface area contributed by atoms with Crippen LogP contribution in [-0.4, -0.2) is 87.4 Å². The fraction of sp³-hybridized carbons (Fsp3) is 0.694. The fourth-order valence-electron chi connectivity index (χ4n) is 7.46. The summed E-state index contributed by atoms with van der Waals surface area (Å²) in [6.45, 7) is 4.73. The lowest BCUT2D eigenvalue weighted by atomic mass is 10.1. The number of rotatable bonds is 51. The number of nitrogens with zero attached hydrogens (tertiary/aromatic N) is 1. The van der Waals surface area contributed by atoms with Crippen molar-refractivity contribution in [3.05, 3.63) is 97.2 Å². The van der Waals surface area contributed by atoms with Gasteiger partial charge in [-0.25, -0.2) is 4.79 Å². The van der Waals surface area contributed by atoms with Crippen LogP contribution in [0.25, 0.3) is 0 Å². The second-order valence-corrected chi connectivity index (χ2v) is 19.9. The molecule has 0 aliphatic carbocycles. The van der Waals surface area contributed by atoms with Crippen LogP contribution in [0, 0.1) is 0 Å². The Hall–Kier alpha value is -3.79. The molecule has 0 saturated carbocycles. The first-order valence-corrected chi connectivity index (χ1v) is 28.4. The number of carboxylic acids is 1. The molecule has 0 aliphatic heterocycles. The summed E-state index contributed by atoms with van der Waals surface area (Å²) in [5.41, 5.74) is 0. The molecule has 9 nitrogen and oxygen atoms in total. The Morgan fingerprint density at radius 1 is 0.437 bits per heavy atom. The number of hydrogen-bond donors (Lipinski definition) is 1. The second-order valence-electron chi connectivity index (χ2n) is 19.9. The van der Waals surface area contributed by atoms with E-state index in [1.54, 1.807) is 0 Å². The molecule has 0 spiro atoms. The van der Waals surface area contributed by atoms with E-state index in [9.17, 15) is 19.5 Å². The van der Waals surface area contributed by atoms with Crippen LogP contribution < -0.4 is 0 Å². The number of esters is 2. The Morgan fingerprint density at radius 2 is 0.803 bits per heavy atom. The molecule has 1 N–H and O–H groups in total. The van der Waals surface area contributed by atoms with E-state index >= 15 is 0 Å². The van der Waals surface area contributed by atoms with Gasteiger partial charge in [-0.2, -0.15) is 0 Å². The zero-order valence-electron chi connectivity index (χ0n) is 46.1. The molecule has 0 bridgehead atoms. The third-order valence-corrected chi connectivity index (χ3v) is 11.8. The summed E-state index contributed by atoms with van der Waals surface area (Å²) in [6.07, 6.45) is 67.6. The number of carboxylic acid groups (broad SMARTS) is 1. The van der Waals surface area contributed by atoms with E-state index in [4.69, 9.17) is 18.9 Å². The van der Waals surface area contributed by atoms with Crippen LogP contribution in [0.3, 0.4) is 0 Å². The van der Waals surface area contributed by atoms with E-state index in [1.807, 2.05) is 21.1 Å². The quantitative estimate of drug-likeness (QED) is 0.0211. The minimum atomic E-state index is -1.52. The van der Waals surface area contributed by atoms with Gasteiger partial charge in [0.25, 0.3) is 6.29 Å². The first kappa shape index (κ1) is 67.2. The monoisotopic (exact) mass is 993 g/mol. The van der Waals surface area contributed by atoms with Crippen molar-refractivity contribution >= 4 is 17.9 Å². The highest BCUT2D eigenvalue weighted by atomic mass is 16.7. The standard InChI is InChI=1S/C62H105NO8/c1-6-8-10-12-14-16-18-20-22-24-26-27-28-29-30-31-32-33-35-37-39-41-43-45-47-49-51-53-60(65)71-58(57-70-62(61(66)67)68-55-54-63(3,4)5)56-69-59(64)52-50-48-46-44-42-40-38-36-34-25-23-21-19-17-15-13-11-9-7-2/h8,10,14,16,20-23,26-27,29-30,32-33,37,39,58,62H,6-7,9,11-13,15,17-19,24-25,28,31,34-36,38,40-57H2,1-5H3/p+1/b10-8-,16-14-,22-20-,23-21-,27-26-,30-29-,33-32-,39-37-. The third kappa shape index (κ3) is 53.8. The maximum absolute atomic E-state index is 12.9. The molecule has 0 aromatic heterocycles. The van der Waals surface area contributed by atoms with Crippen molar-refractivity contribution in [2.75, 3.05) is 47.5 Å². The van der Waals surface area contributed by atoms with Gasteiger partial charge >= 0.3 is 17.9 Å². The van der Waals surface area contributed by atoms with Crippen LogP contribution in [-0.2, 0) is 33.3 Å². The summed E-state index contributed by atoms with van der Waals surface area (Å²) in [6, 6.07) is 0. The highest BCUT2D eigenvalue weighted by molar-refractivity contribution is 5.71. The molecular formula is C62H106NO8+. The summed E-state index contributed by atoms with van der Waals surface area (Å²) < 4.78 is 22.8. The predicted octanol–water partition coefficient (Wildman–Crippen LogP) is 16.6. The molecule has 0 radical (unpaired) electrons. The molecule has 71 heavy (non-hydrogen) atoms. The van der Waals surface area contributed by atoms with Crippen LogP contribution in [0.4, 0.5) is 0 Å². The van der Waals surface area contributed by atoms with Gasteiger partial charge in [0.1, 0.15) is 13.2 Å². The minimum Gasteiger partial charge on any atom is -0.477 e. The van der Waals surface area contributed by atoms with Crippen LogP contribution in [0.1, 0.15) is 219 Å². The average Bonchev–Trinajstić information content (AvgIpc) is 3.34. The minimum absolute atomic E-state index is 0.178. The topological polar surface area (TPSA) is 108 Å². The van der Waals surface area contributed by atoms with Crippen molar-refractivity contribution in [1.29, 1.82) is 0 Å². The second kappa shape index (κ2) is 52.5. The van der Waals surface area contributed by atoms with Gasteiger partial charge in [-0.3, -0.25) is 9.59 Å². The molecule has 0 heterocycles. The van der Waals surface area contributed by atoms with E-state index in [-0.39, 0.29) is 32.2 Å². The Kier molecular flexibility index (Phi) is 49.7. The summed E-state index contributed by atoms with van der Waals surface area (Å²) in [5.74, 6) is -2.04. The van der Waals surface area contributed by atoms with Crippen LogP contribution in [0.5, 0.6) is 0 Å². The van der Waals surface area contributed by atoms with E-state index in [2.05, 4.69) is 111 Å². The number of carbonyl (C=O) groups excluding carboxylic acids is 2. The molecule has 0 aliphatic rings. The summed E-state index contributed by atoms with van der Waals surface area (Å²) in [4.78, 5) is 37.4. The van der Waals surface area contributed by atoms with E-state index < -0.39 is 24.3 Å². The largest absolute Gasteiger partial charge is 0.477 e. The number of quaternary nitrogens is 1. The van der Waals surface area contributed by atoms with Gasteiger partial charge in [0.05, 0.1) is 34.4 Å².